The molecule has 0 aromatic carbocycles. The highest BCUT2D eigenvalue weighted by Crippen LogP contribution is 2.31. The number of hydrogen-bond acceptors (Lipinski definition) is 5. The number of nitrogen functional groups attached to an aromatic ring is 1. The van der Waals surface area contributed by atoms with Gasteiger partial charge in [0.2, 0.25) is 5.91 Å². The van der Waals surface area contributed by atoms with Gasteiger partial charge in [-0.15, -0.1) is 11.3 Å². The molecule has 98 valence electrons. The summed E-state index contributed by atoms with van der Waals surface area (Å²) in [6, 6.07) is 2.11. The van der Waals surface area contributed by atoms with E-state index >= 15 is 0 Å². The maximum Gasteiger partial charge on any atom is 0.246 e. The molecule has 0 aliphatic rings. The second kappa shape index (κ2) is 5.12. The standard InChI is InChI=1S/C12H13N5OS/c1-7-8(2)19-12(10(7)3-13)16-11(18)6-17-5-9(14)4-15-17/h4-5H,6,14H2,1-2H3,(H,16,18). The first kappa shape index (κ1) is 13.1. The van der Waals surface area contributed by atoms with Crippen molar-refractivity contribution in [3.05, 3.63) is 28.4 Å². The average molecular weight is 275 g/mol. The predicted octanol–water partition coefficient (Wildman–Crippen LogP) is 1.65. The largest absolute Gasteiger partial charge is 0.396 e. The minimum atomic E-state index is -0.235. The van der Waals surface area contributed by atoms with Gasteiger partial charge in [0.05, 0.1) is 17.4 Å². The molecule has 19 heavy (non-hydrogen) atoms. The Balaban J connectivity index is 2.11. The summed E-state index contributed by atoms with van der Waals surface area (Å²) in [4.78, 5) is 12.9. The van der Waals surface area contributed by atoms with Crippen LogP contribution in [0.15, 0.2) is 12.4 Å². The smallest absolute Gasteiger partial charge is 0.246 e. The van der Waals surface area contributed by atoms with E-state index in [1.54, 1.807) is 6.20 Å². The van der Waals surface area contributed by atoms with Gasteiger partial charge in [0.25, 0.3) is 0 Å². The molecule has 2 aromatic heterocycles. The SMILES string of the molecule is Cc1sc(NC(=O)Cn2cc(N)cn2)c(C#N)c1C. The second-order valence-corrected chi connectivity index (χ2v) is 5.34. The van der Waals surface area contributed by atoms with Gasteiger partial charge in [0, 0.05) is 11.1 Å². The summed E-state index contributed by atoms with van der Waals surface area (Å²) in [6.45, 7) is 3.86. The molecule has 7 heteroatoms. The van der Waals surface area contributed by atoms with Crippen LogP contribution < -0.4 is 11.1 Å². The van der Waals surface area contributed by atoms with Crippen LogP contribution in [0.5, 0.6) is 0 Å². The molecule has 0 radical (unpaired) electrons. The molecule has 0 aliphatic heterocycles. The van der Waals surface area contributed by atoms with E-state index in [-0.39, 0.29) is 12.5 Å². The topological polar surface area (TPSA) is 96.7 Å². The Morgan fingerprint density at radius 2 is 2.37 bits per heavy atom. The molecule has 6 nitrogen and oxygen atoms in total. The minimum absolute atomic E-state index is 0.0675. The van der Waals surface area contributed by atoms with E-state index < -0.39 is 0 Å². The maximum atomic E-state index is 11.9. The van der Waals surface area contributed by atoms with Crippen LogP contribution in [0.2, 0.25) is 0 Å². The third-order valence-corrected chi connectivity index (χ3v) is 3.83. The first-order chi connectivity index (χ1) is 9.01. The van der Waals surface area contributed by atoms with E-state index in [0.717, 1.165) is 10.4 Å². The van der Waals surface area contributed by atoms with E-state index in [1.807, 2.05) is 13.8 Å². The zero-order chi connectivity index (χ0) is 14.0. The number of carbonyl (C=O) groups excluding carboxylic acids is 1. The number of aryl methyl sites for hydroxylation is 1. The molecule has 1 amide bonds. The number of rotatable bonds is 3. The minimum Gasteiger partial charge on any atom is -0.396 e. The lowest BCUT2D eigenvalue weighted by atomic mass is 10.2. The molecule has 2 rings (SSSR count). The molecule has 3 N–H and O–H groups in total. The van der Waals surface area contributed by atoms with Crippen LogP contribution in [0.3, 0.4) is 0 Å². The molecule has 0 aliphatic carbocycles. The number of carbonyl (C=O) groups is 1. The lowest BCUT2D eigenvalue weighted by Gasteiger charge is -2.03. The highest BCUT2D eigenvalue weighted by atomic mass is 32.1. The van der Waals surface area contributed by atoms with Crippen LogP contribution in [0.25, 0.3) is 0 Å². The average Bonchev–Trinajstić information content (AvgIpc) is 2.85. The number of nitrogens with two attached hydrogens (primary N) is 1. The Labute approximate surface area is 114 Å². The lowest BCUT2D eigenvalue weighted by molar-refractivity contribution is -0.116. The number of amides is 1. The third kappa shape index (κ3) is 2.74. The van der Waals surface area contributed by atoms with Crippen molar-refractivity contribution in [1.82, 2.24) is 9.78 Å². The molecular formula is C12H13N5OS. The van der Waals surface area contributed by atoms with Crippen molar-refractivity contribution >= 4 is 27.9 Å². The highest BCUT2D eigenvalue weighted by Gasteiger charge is 2.14. The first-order valence-corrected chi connectivity index (χ1v) is 6.40. The predicted molar refractivity (Wildman–Crippen MR) is 73.8 cm³/mol. The fourth-order valence-corrected chi connectivity index (χ4v) is 2.66. The van der Waals surface area contributed by atoms with Gasteiger partial charge in [-0.1, -0.05) is 0 Å². The lowest BCUT2D eigenvalue weighted by Crippen LogP contribution is -2.18. The van der Waals surface area contributed by atoms with Crippen molar-refractivity contribution in [2.45, 2.75) is 20.4 Å². The van der Waals surface area contributed by atoms with E-state index in [0.29, 0.717) is 16.3 Å². The van der Waals surface area contributed by atoms with Crippen molar-refractivity contribution in [2.24, 2.45) is 0 Å². The van der Waals surface area contributed by atoms with E-state index in [9.17, 15) is 4.79 Å². The maximum absolute atomic E-state index is 11.9. The number of nitrogens with one attached hydrogen (secondary N) is 1. The molecular weight excluding hydrogens is 262 g/mol. The molecule has 2 heterocycles. The highest BCUT2D eigenvalue weighted by molar-refractivity contribution is 7.16. The Hall–Kier alpha value is -2.33. The molecule has 0 atom stereocenters. The van der Waals surface area contributed by atoms with Gasteiger partial charge in [-0.3, -0.25) is 9.48 Å². The van der Waals surface area contributed by atoms with Crippen molar-refractivity contribution in [1.29, 1.82) is 5.26 Å². The Morgan fingerprint density at radius 1 is 1.63 bits per heavy atom. The van der Waals surface area contributed by atoms with E-state index in [2.05, 4.69) is 16.5 Å². The summed E-state index contributed by atoms with van der Waals surface area (Å²) in [5, 5.41) is 16.3. The van der Waals surface area contributed by atoms with E-state index in [4.69, 9.17) is 11.0 Å². The number of nitriles is 1. The molecule has 0 saturated carbocycles. The Bertz CT molecular complexity index is 664. The van der Waals surface area contributed by atoms with Gasteiger partial charge in [-0.25, -0.2) is 0 Å². The molecule has 0 fully saturated rings. The van der Waals surface area contributed by atoms with Gasteiger partial charge in [0.15, 0.2) is 0 Å². The van der Waals surface area contributed by atoms with Crippen LogP contribution in [-0.4, -0.2) is 15.7 Å². The zero-order valence-electron chi connectivity index (χ0n) is 10.6. The van der Waals surface area contributed by atoms with Crippen LogP contribution in [0, 0.1) is 25.2 Å². The fraction of sp³-hybridized carbons (Fsp3) is 0.250. The van der Waals surface area contributed by atoms with Crippen LogP contribution in [0.4, 0.5) is 10.7 Å². The molecule has 2 aromatic rings. The van der Waals surface area contributed by atoms with Crippen LogP contribution >= 0.6 is 11.3 Å². The number of nitrogens with zero attached hydrogens (tertiary/aromatic N) is 3. The van der Waals surface area contributed by atoms with Crippen molar-refractivity contribution in [3.63, 3.8) is 0 Å². The summed E-state index contributed by atoms with van der Waals surface area (Å²) in [6.07, 6.45) is 3.06. The third-order valence-electron chi connectivity index (χ3n) is 2.71. The summed E-state index contributed by atoms with van der Waals surface area (Å²) in [7, 11) is 0. The monoisotopic (exact) mass is 275 g/mol. The van der Waals surface area contributed by atoms with Crippen molar-refractivity contribution < 1.29 is 4.79 Å². The van der Waals surface area contributed by atoms with Gasteiger partial charge in [-0.2, -0.15) is 10.4 Å². The summed E-state index contributed by atoms with van der Waals surface area (Å²) < 4.78 is 1.45. The molecule has 0 saturated heterocycles. The summed E-state index contributed by atoms with van der Waals surface area (Å²) in [5.74, 6) is -0.235. The Morgan fingerprint density at radius 3 is 2.95 bits per heavy atom. The quantitative estimate of drug-likeness (QED) is 0.890. The summed E-state index contributed by atoms with van der Waals surface area (Å²) >= 11 is 1.40. The number of hydrogen-bond donors (Lipinski definition) is 2. The van der Waals surface area contributed by atoms with E-state index in [1.165, 1.54) is 22.2 Å². The zero-order valence-corrected chi connectivity index (χ0v) is 11.4. The van der Waals surface area contributed by atoms with Crippen molar-refractivity contribution in [2.75, 3.05) is 11.1 Å². The Kier molecular flexibility index (Phi) is 3.53. The fourth-order valence-electron chi connectivity index (χ4n) is 1.63. The van der Waals surface area contributed by atoms with Crippen molar-refractivity contribution in [3.8, 4) is 6.07 Å². The first-order valence-electron chi connectivity index (χ1n) is 5.59. The van der Waals surface area contributed by atoms with Gasteiger partial charge < -0.3 is 11.1 Å². The number of thiophene rings is 1. The second-order valence-electron chi connectivity index (χ2n) is 4.12. The summed E-state index contributed by atoms with van der Waals surface area (Å²) in [5.41, 5.74) is 7.46. The number of aromatic nitrogens is 2. The van der Waals surface area contributed by atoms with Gasteiger partial charge in [0.1, 0.15) is 17.6 Å². The van der Waals surface area contributed by atoms with Gasteiger partial charge >= 0.3 is 0 Å². The molecule has 0 spiro atoms. The normalized spacial score (nSPS) is 10.2. The molecule has 0 bridgehead atoms. The van der Waals surface area contributed by atoms with Crippen LogP contribution in [-0.2, 0) is 11.3 Å². The molecule has 0 unspecified atom stereocenters. The van der Waals surface area contributed by atoms with Gasteiger partial charge in [-0.05, 0) is 19.4 Å². The number of anilines is 2. The van der Waals surface area contributed by atoms with Crippen LogP contribution in [0.1, 0.15) is 16.0 Å².